The van der Waals surface area contributed by atoms with E-state index in [2.05, 4.69) is 0 Å². The number of amides is 1. The van der Waals surface area contributed by atoms with Gasteiger partial charge in [0.05, 0.1) is 11.3 Å². The molecule has 1 N–H and O–H groups in total. The summed E-state index contributed by atoms with van der Waals surface area (Å²) in [5.74, 6) is -5.12. The number of carbonyl (C=O) groups is 2. The van der Waals surface area contributed by atoms with Crippen molar-refractivity contribution < 1.29 is 35.8 Å². The van der Waals surface area contributed by atoms with Gasteiger partial charge in [-0.2, -0.15) is 8.42 Å². The maximum Gasteiger partial charge on any atom is 0.338 e. The molecule has 1 aromatic rings. The summed E-state index contributed by atoms with van der Waals surface area (Å²) in [7, 11) is -4.99. The molecular weight excluding hydrogens is 315 g/mol. The fraction of sp³-hybridized carbons (Fsp3) is 0.273. The highest BCUT2D eigenvalue weighted by molar-refractivity contribution is 7.87. The topological polar surface area (TPSA) is 91.8 Å². The van der Waals surface area contributed by atoms with E-state index >= 15 is 0 Å². The van der Waals surface area contributed by atoms with Crippen molar-refractivity contribution >= 4 is 27.8 Å². The highest BCUT2D eigenvalue weighted by Gasteiger charge is 2.40. The van der Waals surface area contributed by atoms with Crippen molar-refractivity contribution in [3.05, 3.63) is 29.3 Å². The summed E-state index contributed by atoms with van der Waals surface area (Å²) in [6.45, 7) is -0.666. The second-order valence-corrected chi connectivity index (χ2v) is 6.01. The van der Waals surface area contributed by atoms with Crippen molar-refractivity contribution in [1.82, 2.24) is 0 Å². The lowest BCUT2D eigenvalue weighted by Gasteiger charge is -2.17. The fourth-order valence-electron chi connectivity index (χ4n) is 2.00. The van der Waals surface area contributed by atoms with E-state index in [1.54, 1.807) is 0 Å². The molecule has 6 nitrogen and oxygen atoms in total. The third-order valence-electron chi connectivity index (χ3n) is 3.05. The van der Waals surface area contributed by atoms with Crippen LogP contribution in [0.4, 0.5) is 18.4 Å². The number of hydrogen-bond acceptors (Lipinski definition) is 4. The lowest BCUT2D eigenvalue weighted by Crippen LogP contribution is -2.28. The van der Waals surface area contributed by atoms with Crippen LogP contribution < -0.4 is 4.90 Å². The summed E-state index contributed by atoms with van der Waals surface area (Å²) in [6, 6.07) is 0.835. The highest BCUT2D eigenvalue weighted by Crippen LogP contribution is 2.29. The summed E-state index contributed by atoms with van der Waals surface area (Å²) in [6.07, 6.45) is -0.694. The zero-order valence-corrected chi connectivity index (χ0v) is 11.0. The predicted octanol–water partition coefficient (Wildman–Crippen LogP) is 1.07. The SMILES string of the molecule is O=C(O)c1cc(F)c(N2CC(S(=O)(=O)F)CC2=O)cc1F. The van der Waals surface area contributed by atoms with Crippen LogP contribution in [0.1, 0.15) is 16.8 Å². The van der Waals surface area contributed by atoms with Gasteiger partial charge in [0.2, 0.25) is 5.91 Å². The van der Waals surface area contributed by atoms with Gasteiger partial charge in [-0.05, 0) is 6.07 Å². The van der Waals surface area contributed by atoms with Crippen LogP contribution in [0.5, 0.6) is 0 Å². The van der Waals surface area contributed by atoms with E-state index in [1.807, 2.05) is 0 Å². The van der Waals surface area contributed by atoms with Crippen molar-refractivity contribution in [3.63, 3.8) is 0 Å². The standard InChI is InChI=1S/C11H8F3NO5S/c12-7-3-9(8(13)2-6(7)11(17)18)15-4-5(1-10(15)16)21(14,19)20/h2-3,5H,1,4H2,(H,17,18). The molecule has 21 heavy (non-hydrogen) atoms. The molecule has 0 spiro atoms. The van der Waals surface area contributed by atoms with Crippen LogP contribution >= 0.6 is 0 Å². The third kappa shape index (κ3) is 2.84. The minimum Gasteiger partial charge on any atom is -0.478 e. The molecule has 1 aliphatic rings. The number of carbonyl (C=O) groups excluding carboxylic acids is 1. The number of aromatic carboxylic acids is 1. The molecule has 1 unspecified atom stereocenters. The summed E-state index contributed by atoms with van der Waals surface area (Å²) < 4.78 is 61.7. The van der Waals surface area contributed by atoms with E-state index in [-0.39, 0.29) is 0 Å². The van der Waals surface area contributed by atoms with Crippen molar-refractivity contribution in [2.24, 2.45) is 0 Å². The summed E-state index contributed by atoms with van der Waals surface area (Å²) in [5, 5.41) is 6.97. The van der Waals surface area contributed by atoms with Crippen molar-refractivity contribution in [3.8, 4) is 0 Å². The second-order valence-electron chi connectivity index (χ2n) is 4.39. The van der Waals surface area contributed by atoms with E-state index in [9.17, 15) is 30.7 Å². The minimum atomic E-state index is -4.99. The molecule has 0 bridgehead atoms. The maximum absolute atomic E-state index is 13.8. The molecule has 1 aliphatic heterocycles. The monoisotopic (exact) mass is 323 g/mol. The molecule has 1 saturated heterocycles. The maximum atomic E-state index is 13.8. The van der Waals surface area contributed by atoms with E-state index < -0.39 is 63.2 Å². The van der Waals surface area contributed by atoms with E-state index in [0.29, 0.717) is 17.0 Å². The molecule has 0 aromatic heterocycles. The number of rotatable bonds is 3. The molecule has 10 heteroatoms. The lowest BCUT2D eigenvalue weighted by molar-refractivity contribution is -0.117. The number of carboxylic acid groups (broad SMARTS) is 1. The van der Waals surface area contributed by atoms with Crippen molar-refractivity contribution in [2.45, 2.75) is 11.7 Å². The highest BCUT2D eigenvalue weighted by atomic mass is 32.3. The number of anilines is 1. The van der Waals surface area contributed by atoms with Gasteiger partial charge in [0, 0.05) is 19.0 Å². The van der Waals surface area contributed by atoms with Crippen molar-refractivity contribution in [1.29, 1.82) is 0 Å². The predicted molar refractivity (Wildman–Crippen MR) is 64.1 cm³/mol. The molecule has 1 fully saturated rings. The number of halogens is 3. The third-order valence-corrected chi connectivity index (χ3v) is 4.16. The lowest BCUT2D eigenvalue weighted by atomic mass is 10.1. The number of carboxylic acids is 1. The molecule has 0 saturated carbocycles. The van der Waals surface area contributed by atoms with Gasteiger partial charge in [-0.15, -0.1) is 3.89 Å². The molecule has 1 heterocycles. The number of benzene rings is 1. The largest absolute Gasteiger partial charge is 0.478 e. The van der Waals surface area contributed by atoms with Crippen LogP contribution in [-0.4, -0.2) is 37.2 Å². The van der Waals surface area contributed by atoms with E-state index in [1.165, 1.54) is 0 Å². The van der Waals surface area contributed by atoms with Crippen molar-refractivity contribution in [2.75, 3.05) is 11.4 Å². The molecule has 2 rings (SSSR count). The average Bonchev–Trinajstić information content (AvgIpc) is 2.73. The number of nitrogens with zero attached hydrogens (tertiary/aromatic N) is 1. The minimum absolute atomic E-state index is 0.373. The summed E-state index contributed by atoms with van der Waals surface area (Å²) in [5.41, 5.74) is -1.56. The Morgan fingerprint density at radius 2 is 1.90 bits per heavy atom. The molecule has 0 aliphatic carbocycles. The van der Waals surface area contributed by atoms with E-state index in [4.69, 9.17) is 5.11 Å². The quantitative estimate of drug-likeness (QED) is 0.840. The Morgan fingerprint density at radius 1 is 1.29 bits per heavy atom. The first-order chi connectivity index (χ1) is 9.61. The molecule has 0 radical (unpaired) electrons. The summed E-state index contributed by atoms with van der Waals surface area (Å²) >= 11 is 0. The second kappa shape index (κ2) is 5.02. The summed E-state index contributed by atoms with van der Waals surface area (Å²) in [4.78, 5) is 22.8. The van der Waals surface area contributed by atoms with Gasteiger partial charge >= 0.3 is 16.2 Å². The van der Waals surface area contributed by atoms with Gasteiger partial charge in [-0.1, -0.05) is 0 Å². The number of hydrogen-bond donors (Lipinski definition) is 1. The van der Waals surface area contributed by atoms with Crippen LogP contribution in [0.25, 0.3) is 0 Å². The Labute approximate surface area is 117 Å². The average molecular weight is 323 g/mol. The Balaban J connectivity index is 2.42. The fourth-order valence-corrected chi connectivity index (χ4v) is 2.67. The molecule has 1 amide bonds. The van der Waals surface area contributed by atoms with Gasteiger partial charge < -0.3 is 10.0 Å². The van der Waals surface area contributed by atoms with Crippen LogP contribution in [0.3, 0.4) is 0 Å². The first-order valence-electron chi connectivity index (χ1n) is 5.57. The van der Waals surface area contributed by atoms with Gasteiger partial charge in [-0.3, -0.25) is 4.79 Å². The first-order valence-corrected chi connectivity index (χ1v) is 7.02. The van der Waals surface area contributed by atoms with Crippen LogP contribution in [0.15, 0.2) is 12.1 Å². The zero-order chi connectivity index (χ0) is 15.9. The Hall–Kier alpha value is -2.10. The van der Waals surface area contributed by atoms with Crippen LogP contribution in [0, 0.1) is 11.6 Å². The van der Waals surface area contributed by atoms with Gasteiger partial charge in [-0.25, -0.2) is 13.6 Å². The molecule has 1 aromatic carbocycles. The molecule has 114 valence electrons. The van der Waals surface area contributed by atoms with Crippen LogP contribution in [0.2, 0.25) is 0 Å². The van der Waals surface area contributed by atoms with Crippen LogP contribution in [-0.2, 0) is 15.0 Å². The Bertz CT molecular complexity index is 734. The molecule has 1 atom stereocenters. The Morgan fingerprint density at radius 3 is 2.38 bits per heavy atom. The Kier molecular flexibility index (Phi) is 3.66. The smallest absolute Gasteiger partial charge is 0.338 e. The zero-order valence-electron chi connectivity index (χ0n) is 10.2. The van der Waals surface area contributed by atoms with Gasteiger partial charge in [0.1, 0.15) is 16.9 Å². The molecular formula is C11H8F3NO5S. The van der Waals surface area contributed by atoms with Gasteiger partial charge in [0.25, 0.3) is 0 Å². The normalized spacial score (nSPS) is 19.1. The van der Waals surface area contributed by atoms with Gasteiger partial charge in [0.15, 0.2) is 0 Å². The first kappa shape index (κ1) is 15.3. The van der Waals surface area contributed by atoms with E-state index in [0.717, 1.165) is 0 Å².